The van der Waals surface area contributed by atoms with Crippen LogP contribution in [0.5, 0.6) is 0 Å². The Balaban J connectivity index is 1.73. The fraction of sp³-hybridized carbons (Fsp3) is 0.333. The van der Waals surface area contributed by atoms with Crippen LogP contribution in [0.1, 0.15) is 17.2 Å². The summed E-state index contributed by atoms with van der Waals surface area (Å²) in [6, 6.07) is 22.0. The third-order valence-corrected chi connectivity index (χ3v) is 4.80. The van der Waals surface area contributed by atoms with E-state index in [1.165, 1.54) is 11.1 Å². The van der Waals surface area contributed by atoms with Gasteiger partial charge in [-0.2, -0.15) is 0 Å². The van der Waals surface area contributed by atoms with E-state index in [2.05, 4.69) is 76.5 Å². The zero-order valence-electron chi connectivity index (χ0n) is 14.0. The lowest BCUT2D eigenvalue weighted by Gasteiger charge is -2.39. The topological polar surface area (TPSA) is 6.48 Å². The van der Waals surface area contributed by atoms with E-state index in [0.717, 1.165) is 32.7 Å². The number of piperazine rings is 1. The largest absolute Gasteiger partial charge is 0.297 e. The van der Waals surface area contributed by atoms with Crippen LogP contribution in [0.2, 0.25) is 0 Å². The number of alkyl halides is 1. The van der Waals surface area contributed by atoms with E-state index in [0.29, 0.717) is 11.9 Å². The number of nitrogens with zero attached hydrogens (tertiary/aromatic N) is 2. The third kappa shape index (κ3) is 4.47. The Hall–Kier alpha value is -1.61. The summed E-state index contributed by atoms with van der Waals surface area (Å²) in [6.45, 7) is 5.37. The van der Waals surface area contributed by atoms with Crippen LogP contribution in [0.4, 0.5) is 0 Å². The van der Waals surface area contributed by atoms with Crippen LogP contribution in [-0.2, 0) is 0 Å². The van der Waals surface area contributed by atoms with Crippen molar-refractivity contribution in [2.45, 2.75) is 6.04 Å². The molecule has 2 aromatic carbocycles. The van der Waals surface area contributed by atoms with E-state index in [4.69, 9.17) is 11.6 Å². The molecule has 0 amide bonds. The van der Waals surface area contributed by atoms with Crippen molar-refractivity contribution in [1.29, 1.82) is 0 Å². The molecule has 2 aromatic rings. The van der Waals surface area contributed by atoms with E-state index in [1.807, 2.05) is 6.08 Å². The quantitative estimate of drug-likeness (QED) is 0.574. The van der Waals surface area contributed by atoms with Crippen LogP contribution >= 0.6 is 11.6 Å². The zero-order chi connectivity index (χ0) is 16.6. The van der Waals surface area contributed by atoms with E-state index >= 15 is 0 Å². The Labute approximate surface area is 150 Å². The molecule has 0 bridgehead atoms. The van der Waals surface area contributed by atoms with Gasteiger partial charge in [-0.1, -0.05) is 72.8 Å². The number of hydrogen-bond acceptors (Lipinski definition) is 2. The molecule has 3 rings (SSSR count). The lowest BCUT2D eigenvalue weighted by molar-refractivity contribution is 0.117. The fourth-order valence-electron chi connectivity index (χ4n) is 3.38. The summed E-state index contributed by atoms with van der Waals surface area (Å²) < 4.78 is 0. The number of halogens is 1. The SMILES string of the molecule is ClCC=CCN1CCN(C(c2ccccc2)c2ccccc2)CC1. The van der Waals surface area contributed by atoms with E-state index in [1.54, 1.807) is 0 Å². The molecule has 0 aromatic heterocycles. The summed E-state index contributed by atoms with van der Waals surface area (Å²) in [7, 11) is 0. The van der Waals surface area contributed by atoms with Gasteiger partial charge < -0.3 is 0 Å². The molecule has 1 fully saturated rings. The molecular formula is C21H25ClN2. The molecule has 0 radical (unpaired) electrons. The molecule has 0 saturated carbocycles. The van der Waals surface area contributed by atoms with Gasteiger partial charge in [0.15, 0.2) is 0 Å². The lowest BCUT2D eigenvalue weighted by atomic mass is 9.96. The van der Waals surface area contributed by atoms with Crippen molar-refractivity contribution in [2.24, 2.45) is 0 Å². The maximum atomic E-state index is 5.71. The molecule has 0 spiro atoms. The Kier molecular flexibility index (Phi) is 6.48. The average Bonchev–Trinajstić information content (AvgIpc) is 2.65. The van der Waals surface area contributed by atoms with Crippen LogP contribution < -0.4 is 0 Å². The second-order valence-electron chi connectivity index (χ2n) is 6.19. The molecule has 126 valence electrons. The molecule has 24 heavy (non-hydrogen) atoms. The van der Waals surface area contributed by atoms with Crippen LogP contribution in [0.3, 0.4) is 0 Å². The van der Waals surface area contributed by atoms with E-state index in [-0.39, 0.29) is 0 Å². The number of rotatable bonds is 6. The van der Waals surface area contributed by atoms with Gasteiger partial charge in [-0.15, -0.1) is 11.6 Å². The summed E-state index contributed by atoms with van der Waals surface area (Å²) >= 11 is 5.71. The standard InChI is InChI=1S/C21H25ClN2/c22-13-7-8-14-23-15-17-24(18-16-23)21(19-9-3-1-4-10-19)20-11-5-2-6-12-20/h1-12,21H,13-18H2. The summed E-state index contributed by atoms with van der Waals surface area (Å²) in [5.74, 6) is 0.601. The minimum atomic E-state index is 0.341. The Morgan fingerprint density at radius 1 is 0.792 bits per heavy atom. The molecule has 0 atom stereocenters. The fourth-order valence-corrected chi connectivity index (χ4v) is 3.50. The highest BCUT2D eigenvalue weighted by molar-refractivity contribution is 6.18. The highest BCUT2D eigenvalue weighted by atomic mass is 35.5. The molecule has 3 heteroatoms. The molecule has 0 unspecified atom stereocenters. The Bertz CT molecular complexity index is 579. The van der Waals surface area contributed by atoms with Crippen molar-refractivity contribution in [1.82, 2.24) is 9.80 Å². The molecule has 1 aliphatic rings. The van der Waals surface area contributed by atoms with E-state index < -0.39 is 0 Å². The van der Waals surface area contributed by atoms with Gasteiger partial charge in [0.25, 0.3) is 0 Å². The number of benzene rings is 2. The molecule has 1 heterocycles. The van der Waals surface area contributed by atoms with Gasteiger partial charge >= 0.3 is 0 Å². The number of allylic oxidation sites excluding steroid dienone is 1. The van der Waals surface area contributed by atoms with Gasteiger partial charge in [-0.05, 0) is 11.1 Å². The average molecular weight is 341 g/mol. The maximum absolute atomic E-state index is 5.71. The molecule has 0 N–H and O–H groups in total. The first-order chi connectivity index (χ1) is 11.9. The third-order valence-electron chi connectivity index (χ3n) is 4.62. The van der Waals surface area contributed by atoms with Gasteiger partial charge in [0.05, 0.1) is 6.04 Å². The first-order valence-electron chi connectivity index (χ1n) is 8.66. The van der Waals surface area contributed by atoms with Crippen molar-refractivity contribution >= 4 is 11.6 Å². The maximum Gasteiger partial charge on any atom is 0.0602 e. The van der Waals surface area contributed by atoms with Crippen LogP contribution in [0.25, 0.3) is 0 Å². The van der Waals surface area contributed by atoms with Crippen LogP contribution in [0.15, 0.2) is 72.8 Å². The van der Waals surface area contributed by atoms with Gasteiger partial charge in [0.1, 0.15) is 0 Å². The second kappa shape index (κ2) is 9.03. The smallest absolute Gasteiger partial charge is 0.0602 e. The summed E-state index contributed by atoms with van der Waals surface area (Å²) in [6.07, 6.45) is 4.21. The van der Waals surface area contributed by atoms with Gasteiger partial charge in [0, 0.05) is 38.6 Å². The van der Waals surface area contributed by atoms with E-state index in [9.17, 15) is 0 Å². The Morgan fingerprint density at radius 3 is 1.83 bits per heavy atom. The predicted molar refractivity (Wildman–Crippen MR) is 103 cm³/mol. The monoisotopic (exact) mass is 340 g/mol. The Morgan fingerprint density at radius 2 is 1.33 bits per heavy atom. The zero-order valence-corrected chi connectivity index (χ0v) is 14.8. The lowest BCUT2D eigenvalue weighted by Crippen LogP contribution is -2.47. The minimum absolute atomic E-state index is 0.341. The van der Waals surface area contributed by atoms with Crippen LogP contribution in [-0.4, -0.2) is 48.4 Å². The normalized spacial score (nSPS) is 16.9. The molecule has 2 nitrogen and oxygen atoms in total. The molecule has 1 aliphatic heterocycles. The molecule has 1 saturated heterocycles. The first kappa shape index (κ1) is 17.2. The van der Waals surface area contributed by atoms with Gasteiger partial charge in [-0.25, -0.2) is 0 Å². The highest BCUT2D eigenvalue weighted by Gasteiger charge is 2.25. The first-order valence-corrected chi connectivity index (χ1v) is 9.19. The van der Waals surface area contributed by atoms with Crippen molar-refractivity contribution in [2.75, 3.05) is 38.6 Å². The molecule has 0 aliphatic carbocycles. The van der Waals surface area contributed by atoms with Gasteiger partial charge in [-0.3, -0.25) is 9.80 Å². The highest BCUT2D eigenvalue weighted by Crippen LogP contribution is 2.29. The minimum Gasteiger partial charge on any atom is -0.297 e. The second-order valence-corrected chi connectivity index (χ2v) is 6.49. The van der Waals surface area contributed by atoms with Crippen molar-refractivity contribution in [3.05, 3.63) is 83.9 Å². The van der Waals surface area contributed by atoms with Crippen molar-refractivity contribution in [3.8, 4) is 0 Å². The number of hydrogen-bond donors (Lipinski definition) is 0. The summed E-state index contributed by atoms with van der Waals surface area (Å²) in [5.41, 5.74) is 2.75. The summed E-state index contributed by atoms with van der Waals surface area (Å²) in [4.78, 5) is 5.10. The van der Waals surface area contributed by atoms with Gasteiger partial charge in [0.2, 0.25) is 0 Å². The van der Waals surface area contributed by atoms with Crippen LogP contribution in [0, 0.1) is 0 Å². The summed E-state index contributed by atoms with van der Waals surface area (Å²) in [5, 5.41) is 0. The molecular weight excluding hydrogens is 316 g/mol. The van der Waals surface area contributed by atoms with Crippen molar-refractivity contribution in [3.63, 3.8) is 0 Å². The van der Waals surface area contributed by atoms with Crippen molar-refractivity contribution < 1.29 is 0 Å². The predicted octanol–water partition coefficient (Wildman–Crippen LogP) is 4.19.